The second-order valence-electron chi connectivity index (χ2n) is 6.20. The third-order valence-electron chi connectivity index (χ3n) is 4.51. The highest BCUT2D eigenvalue weighted by Gasteiger charge is 2.23. The average molecular weight is 368 g/mol. The molecule has 0 saturated carbocycles. The number of rotatable bonds is 4. The van der Waals surface area contributed by atoms with Crippen molar-refractivity contribution in [3.8, 4) is 0 Å². The van der Waals surface area contributed by atoms with Gasteiger partial charge in [-0.1, -0.05) is 17.3 Å². The smallest absolute Gasteiger partial charge is 0.274 e. The number of nitrogens with one attached hydrogen (secondary N) is 2. The number of hydrogen-bond donors (Lipinski definition) is 2. The van der Waals surface area contributed by atoms with Gasteiger partial charge in [-0.25, -0.2) is 9.07 Å². The fourth-order valence-corrected chi connectivity index (χ4v) is 3.05. The first-order valence-electron chi connectivity index (χ1n) is 8.25. The minimum absolute atomic E-state index is 0. The van der Waals surface area contributed by atoms with Crippen molar-refractivity contribution in [3.05, 3.63) is 47.0 Å². The lowest BCUT2D eigenvalue weighted by Crippen LogP contribution is -2.31. The van der Waals surface area contributed by atoms with E-state index in [2.05, 4.69) is 20.9 Å². The molecule has 1 unspecified atom stereocenters. The predicted molar refractivity (Wildman–Crippen MR) is 95.4 cm³/mol. The molecule has 3 rings (SSSR count). The highest BCUT2D eigenvalue weighted by Crippen LogP contribution is 2.21. The standard InChI is InChI=1S/C17H22FN5O.ClH/c1-11(13-3-5-14(18)6-4-13)20-17(24)16-12(2)23(22-21-16)15-7-9-19-10-8-15;/h3-6,11,15,19H,7-10H2,1-2H3,(H,20,24);1H. The molecular weight excluding hydrogens is 345 g/mol. The molecule has 1 aromatic carbocycles. The lowest BCUT2D eigenvalue weighted by atomic mass is 10.1. The summed E-state index contributed by atoms with van der Waals surface area (Å²) in [5.41, 5.74) is 1.97. The maximum Gasteiger partial charge on any atom is 0.274 e. The van der Waals surface area contributed by atoms with Gasteiger partial charge in [-0.3, -0.25) is 4.79 Å². The summed E-state index contributed by atoms with van der Waals surface area (Å²) in [6.07, 6.45) is 1.97. The van der Waals surface area contributed by atoms with Crippen LogP contribution in [0.4, 0.5) is 4.39 Å². The average Bonchev–Trinajstić information content (AvgIpc) is 2.98. The maximum absolute atomic E-state index is 13.0. The fourth-order valence-electron chi connectivity index (χ4n) is 3.05. The van der Waals surface area contributed by atoms with Crippen LogP contribution in [-0.2, 0) is 0 Å². The van der Waals surface area contributed by atoms with Crippen molar-refractivity contribution in [2.24, 2.45) is 0 Å². The Bertz CT molecular complexity index is 712. The van der Waals surface area contributed by atoms with Gasteiger partial charge in [0.05, 0.1) is 17.8 Å². The van der Waals surface area contributed by atoms with Crippen LogP contribution in [0.2, 0.25) is 0 Å². The molecule has 1 amide bonds. The predicted octanol–water partition coefficient (Wildman–Crippen LogP) is 2.56. The molecule has 2 aromatic rings. The van der Waals surface area contributed by atoms with Gasteiger partial charge in [0.1, 0.15) is 5.82 Å². The number of hydrogen-bond acceptors (Lipinski definition) is 4. The van der Waals surface area contributed by atoms with Gasteiger partial charge >= 0.3 is 0 Å². The van der Waals surface area contributed by atoms with E-state index in [0.29, 0.717) is 5.69 Å². The van der Waals surface area contributed by atoms with Crippen molar-refractivity contribution < 1.29 is 9.18 Å². The lowest BCUT2D eigenvalue weighted by Gasteiger charge is -2.23. The van der Waals surface area contributed by atoms with Crippen molar-refractivity contribution in [3.63, 3.8) is 0 Å². The molecule has 0 spiro atoms. The highest BCUT2D eigenvalue weighted by molar-refractivity contribution is 5.93. The molecule has 8 heteroatoms. The van der Waals surface area contributed by atoms with Gasteiger partial charge in [0.2, 0.25) is 0 Å². The number of carbonyl (C=O) groups excluding carboxylic acids is 1. The number of piperidine rings is 1. The summed E-state index contributed by atoms with van der Waals surface area (Å²) in [5, 5.41) is 14.5. The van der Waals surface area contributed by atoms with Gasteiger partial charge in [0, 0.05) is 0 Å². The molecule has 2 heterocycles. The zero-order valence-corrected chi connectivity index (χ0v) is 15.1. The van der Waals surface area contributed by atoms with Crippen molar-refractivity contribution in [1.82, 2.24) is 25.6 Å². The van der Waals surface area contributed by atoms with E-state index >= 15 is 0 Å². The molecule has 0 bridgehead atoms. The van der Waals surface area contributed by atoms with Crippen LogP contribution in [0, 0.1) is 12.7 Å². The van der Waals surface area contributed by atoms with E-state index in [0.717, 1.165) is 37.2 Å². The Kier molecular flexibility index (Phi) is 6.50. The SMILES string of the molecule is Cc1c(C(=O)NC(C)c2ccc(F)cc2)nnn1C1CCNCC1.Cl. The number of nitrogens with zero attached hydrogens (tertiary/aromatic N) is 3. The first-order chi connectivity index (χ1) is 11.6. The van der Waals surface area contributed by atoms with E-state index in [1.54, 1.807) is 12.1 Å². The molecule has 1 aliphatic heterocycles. The highest BCUT2D eigenvalue weighted by atomic mass is 35.5. The first-order valence-corrected chi connectivity index (χ1v) is 8.25. The van der Waals surface area contributed by atoms with Crippen molar-refractivity contribution in [1.29, 1.82) is 0 Å². The molecule has 0 aliphatic carbocycles. The van der Waals surface area contributed by atoms with E-state index < -0.39 is 0 Å². The van der Waals surface area contributed by atoms with E-state index in [1.165, 1.54) is 12.1 Å². The van der Waals surface area contributed by atoms with Crippen molar-refractivity contribution >= 4 is 18.3 Å². The molecule has 6 nitrogen and oxygen atoms in total. The molecular formula is C17H23ClFN5O. The summed E-state index contributed by atoms with van der Waals surface area (Å²) < 4.78 is 14.9. The Hall–Kier alpha value is -1.99. The second kappa shape index (κ2) is 8.40. The van der Waals surface area contributed by atoms with Gasteiger partial charge in [-0.05, 0) is 57.5 Å². The van der Waals surface area contributed by atoms with Gasteiger partial charge in [-0.15, -0.1) is 17.5 Å². The number of carbonyl (C=O) groups is 1. The molecule has 1 aromatic heterocycles. The first kappa shape index (κ1) is 19.3. The Balaban J connectivity index is 0.00000225. The lowest BCUT2D eigenvalue weighted by molar-refractivity contribution is 0.0934. The largest absolute Gasteiger partial charge is 0.344 e. The number of amides is 1. The van der Waals surface area contributed by atoms with Crippen molar-refractivity contribution in [2.45, 2.75) is 38.8 Å². The summed E-state index contributed by atoms with van der Waals surface area (Å²) >= 11 is 0. The Labute approximate surface area is 152 Å². The van der Waals surface area contributed by atoms with Crippen LogP contribution in [0.3, 0.4) is 0 Å². The van der Waals surface area contributed by atoms with Crippen LogP contribution in [0.1, 0.15) is 53.6 Å². The topological polar surface area (TPSA) is 71.8 Å². The second-order valence-corrected chi connectivity index (χ2v) is 6.20. The number of halogens is 2. The van der Waals surface area contributed by atoms with Crippen LogP contribution in [0.25, 0.3) is 0 Å². The quantitative estimate of drug-likeness (QED) is 0.871. The molecule has 2 N–H and O–H groups in total. The fraction of sp³-hybridized carbons (Fsp3) is 0.471. The van der Waals surface area contributed by atoms with Crippen LogP contribution in [0.5, 0.6) is 0 Å². The van der Waals surface area contributed by atoms with Crippen LogP contribution < -0.4 is 10.6 Å². The van der Waals surface area contributed by atoms with E-state index in [9.17, 15) is 9.18 Å². The molecule has 0 radical (unpaired) electrons. The monoisotopic (exact) mass is 367 g/mol. The van der Waals surface area contributed by atoms with Crippen LogP contribution >= 0.6 is 12.4 Å². The number of benzene rings is 1. The minimum atomic E-state index is -0.293. The normalized spacial score (nSPS) is 16.1. The van der Waals surface area contributed by atoms with Crippen LogP contribution in [0.15, 0.2) is 24.3 Å². The summed E-state index contributed by atoms with van der Waals surface area (Å²) in [5.74, 6) is -0.553. The van der Waals surface area contributed by atoms with Crippen LogP contribution in [-0.4, -0.2) is 34.0 Å². The molecule has 136 valence electrons. The third-order valence-corrected chi connectivity index (χ3v) is 4.51. The van der Waals surface area contributed by atoms with Gasteiger partial charge in [0.15, 0.2) is 5.69 Å². The summed E-state index contributed by atoms with van der Waals surface area (Å²) in [6.45, 7) is 5.64. The van der Waals surface area contributed by atoms with E-state index in [4.69, 9.17) is 0 Å². The molecule has 25 heavy (non-hydrogen) atoms. The minimum Gasteiger partial charge on any atom is -0.344 e. The molecule has 1 aliphatic rings. The summed E-state index contributed by atoms with van der Waals surface area (Å²) in [7, 11) is 0. The molecule has 1 fully saturated rings. The number of aromatic nitrogens is 3. The van der Waals surface area contributed by atoms with Crippen molar-refractivity contribution in [2.75, 3.05) is 13.1 Å². The summed E-state index contributed by atoms with van der Waals surface area (Å²) in [6, 6.07) is 6.15. The summed E-state index contributed by atoms with van der Waals surface area (Å²) in [4.78, 5) is 12.5. The third kappa shape index (κ3) is 4.35. The Morgan fingerprint density at radius 1 is 1.32 bits per heavy atom. The van der Waals surface area contributed by atoms with E-state index in [1.807, 2.05) is 18.5 Å². The Morgan fingerprint density at radius 3 is 2.60 bits per heavy atom. The van der Waals surface area contributed by atoms with E-state index in [-0.39, 0.29) is 36.2 Å². The van der Waals surface area contributed by atoms with Gasteiger partial charge in [0.25, 0.3) is 5.91 Å². The zero-order chi connectivity index (χ0) is 17.1. The molecule has 1 atom stereocenters. The van der Waals surface area contributed by atoms with Gasteiger partial charge in [-0.2, -0.15) is 0 Å². The Morgan fingerprint density at radius 2 is 1.96 bits per heavy atom. The zero-order valence-electron chi connectivity index (χ0n) is 14.3. The maximum atomic E-state index is 13.0. The van der Waals surface area contributed by atoms with Gasteiger partial charge < -0.3 is 10.6 Å². The molecule has 1 saturated heterocycles.